The van der Waals surface area contributed by atoms with Gasteiger partial charge in [0.1, 0.15) is 5.56 Å². The molecule has 0 bridgehead atoms. The third-order valence-electron chi connectivity index (χ3n) is 4.34. The van der Waals surface area contributed by atoms with Gasteiger partial charge in [0, 0.05) is 40.9 Å². The second-order valence-corrected chi connectivity index (χ2v) is 7.75. The number of nitrogens with zero attached hydrogens (tertiary/aromatic N) is 1. The number of halogens is 2. The Morgan fingerprint density at radius 2 is 2.15 bits per heavy atom. The summed E-state index contributed by atoms with van der Waals surface area (Å²) < 4.78 is 7.95. The molecular formula is C19H18ClIN2O4. The summed E-state index contributed by atoms with van der Waals surface area (Å²) in [7, 11) is 1.63. The van der Waals surface area contributed by atoms with E-state index in [4.69, 9.17) is 21.1 Å². The Bertz CT molecular complexity index is 1060. The SMILES string of the molecule is Cn1c(Cc2ccc(I)cc2Cl)c(C(=O)NCCCO)c2occc2c1=O. The van der Waals surface area contributed by atoms with Gasteiger partial charge in [-0.2, -0.15) is 0 Å². The van der Waals surface area contributed by atoms with Crippen molar-refractivity contribution < 1.29 is 14.3 Å². The lowest BCUT2D eigenvalue weighted by atomic mass is 10.0. The molecule has 0 saturated heterocycles. The number of amides is 1. The Balaban J connectivity index is 2.14. The van der Waals surface area contributed by atoms with E-state index in [0.717, 1.165) is 9.13 Å². The lowest BCUT2D eigenvalue weighted by molar-refractivity contribution is 0.0950. The zero-order valence-electron chi connectivity index (χ0n) is 14.6. The molecule has 2 N–H and O–H groups in total. The van der Waals surface area contributed by atoms with Gasteiger partial charge in [-0.25, -0.2) is 0 Å². The highest BCUT2D eigenvalue weighted by atomic mass is 127. The van der Waals surface area contributed by atoms with Crippen LogP contribution in [0.2, 0.25) is 5.02 Å². The fourth-order valence-corrected chi connectivity index (χ4v) is 3.85. The number of furan rings is 1. The van der Waals surface area contributed by atoms with Crippen LogP contribution in [0, 0.1) is 3.57 Å². The highest BCUT2D eigenvalue weighted by Crippen LogP contribution is 2.26. The van der Waals surface area contributed by atoms with Crippen molar-refractivity contribution in [2.75, 3.05) is 13.2 Å². The van der Waals surface area contributed by atoms with Crippen molar-refractivity contribution in [1.82, 2.24) is 9.88 Å². The number of fused-ring (bicyclic) bond motifs is 1. The van der Waals surface area contributed by atoms with Gasteiger partial charge in [-0.15, -0.1) is 0 Å². The Morgan fingerprint density at radius 3 is 2.85 bits per heavy atom. The minimum atomic E-state index is -0.351. The molecule has 2 aromatic heterocycles. The number of aliphatic hydroxyl groups is 1. The molecule has 27 heavy (non-hydrogen) atoms. The normalized spacial score (nSPS) is 11.1. The summed E-state index contributed by atoms with van der Waals surface area (Å²) in [4.78, 5) is 25.5. The zero-order chi connectivity index (χ0) is 19.6. The van der Waals surface area contributed by atoms with E-state index in [1.54, 1.807) is 13.1 Å². The number of carbonyl (C=O) groups excluding carboxylic acids is 1. The van der Waals surface area contributed by atoms with Crippen molar-refractivity contribution in [2.24, 2.45) is 7.05 Å². The van der Waals surface area contributed by atoms with Gasteiger partial charge >= 0.3 is 0 Å². The lowest BCUT2D eigenvalue weighted by Gasteiger charge is -2.15. The van der Waals surface area contributed by atoms with E-state index in [0.29, 0.717) is 41.1 Å². The minimum absolute atomic E-state index is 0.0190. The second-order valence-electron chi connectivity index (χ2n) is 6.09. The van der Waals surface area contributed by atoms with E-state index in [-0.39, 0.29) is 23.7 Å². The Labute approximate surface area is 174 Å². The summed E-state index contributed by atoms with van der Waals surface area (Å²) in [5, 5.41) is 12.6. The maximum atomic E-state index is 12.8. The molecule has 0 atom stereocenters. The van der Waals surface area contributed by atoms with Gasteiger partial charge in [0.25, 0.3) is 11.5 Å². The minimum Gasteiger partial charge on any atom is -0.463 e. The molecule has 0 fully saturated rings. The van der Waals surface area contributed by atoms with Gasteiger partial charge < -0.3 is 19.4 Å². The van der Waals surface area contributed by atoms with E-state index >= 15 is 0 Å². The molecule has 0 aliphatic rings. The predicted octanol–water partition coefficient (Wildman–Crippen LogP) is 3.09. The number of hydrogen-bond acceptors (Lipinski definition) is 4. The van der Waals surface area contributed by atoms with Crippen LogP contribution in [0.4, 0.5) is 0 Å². The lowest BCUT2D eigenvalue weighted by Crippen LogP contribution is -2.31. The van der Waals surface area contributed by atoms with E-state index in [1.165, 1.54) is 10.8 Å². The van der Waals surface area contributed by atoms with Crippen molar-refractivity contribution in [3.63, 3.8) is 0 Å². The molecule has 0 aliphatic carbocycles. The number of rotatable bonds is 6. The monoisotopic (exact) mass is 500 g/mol. The maximum absolute atomic E-state index is 12.8. The summed E-state index contributed by atoms with van der Waals surface area (Å²) in [5.41, 5.74) is 1.66. The van der Waals surface area contributed by atoms with Crippen LogP contribution in [-0.2, 0) is 13.5 Å². The van der Waals surface area contributed by atoms with Gasteiger partial charge in [-0.3, -0.25) is 9.59 Å². The van der Waals surface area contributed by atoms with E-state index in [1.807, 2.05) is 18.2 Å². The first kappa shape index (κ1) is 19.9. The standard InChI is InChI=1S/C19H18ClIN2O4/c1-23-15(9-11-3-4-12(21)10-14(11)20)16(18(25)22-6-2-7-24)17-13(19(23)26)5-8-27-17/h3-5,8,10,24H,2,6-7,9H2,1H3,(H,22,25). The van der Waals surface area contributed by atoms with Gasteiger partial charge in [-0.05, 0) is 52.8 Å². The smallest absolute Gasteiger partial charge is 0.261 e. The predicted molar refractivity (Wildman–Crippen MR) is 112 cm³/mol. The molecular weight excluding hydrogens is 483 g/mol. The second kappa shape index (κ2) is 8.45. The largest absolute Gasteiger partial charge is 0.463 e. The summed E-state index contributed by atoms with van der Waals surface area (Å²) >= 11 is 8.53. The summed E-state index contributed by atoms with van der Waals surface area (Å²) in [6.45, 7) is 0.305. The number of hydrogen-bond donors (Lipinski definition) is 2. The van der Waals surface area contributed by atoms with Crippen LogP contribution < -0.4 is 10.9 Å². The van der Waals surface area contributed by atoms with Crippen LogP contribution in [0.3, 0.4) is 0 Å². The number of benzene rings is 1. The molecule has 3 rings (SSSR count). The molecule has 142 valence electrons. The van der Waals surface area contributed by atoms with Crippen LogP contribution in [0.5, 0.6) is 0 Å². The average molecular weight is 501 g/mol. The fourth-order valence-electron chi connectivity index (χ4n) is 2.93. The highest BCUT2D eigenvalue weighted by molar-refractivity contribution is 14.1. The molecule has 0 aliphatic heterocycles. The first-order valence-corrected chi connectivity index (χ1v) is 9.81. The third-order valence-corrected chi connectivity index (χ3v) is 5.36. The molecule has 0 saturated carbocycles. The first-order valence-electron chi connectivity index (χ1n) is 8.36. The number of aromatic nitrogens is 1. The van der Waals surface area contributed by atoms with E-state index in [2.05, 4.69) is 27.9 Å². The molecule has 1 aromatic carbocycles. The Morgan fingerprint density at radius 1 is 1.37 bits per heavy atom. The maximum Gasteiger partial charge on any atom is 0.261 e. The van der Waals surface area contributed by atoms with Crippen molar-refractivity contribution in [3.8, 4) is 0 Å². The molecule has 2 heterocycles. The quantitative estimate of drug-likeness (QED) is 0.402. The molecule has 0 spiro atoms. The fraction of sp³-hybridized carbons (Fsp3) is 0.263. The molecule has 6 nitrogen and oxygen atoms in total. The van der Waals surface area contributed by atoms with Crippen LogP contribution in [0.15, 0.2) is 39.7 Å². The molecule has 1 amide bonds. The topological polar surface area (TPSA) is 84.5 Å². The average Bonchev–Trinajstić information content (AvgIpc) is 3.11. The Hall–Kier alpha value is -1.84. The summed E-state index contributed by atoms with van der Waals surface area (Å²) in [6.07, 6.45) is 2.15. The highest BCUT2D eigenvalue weighted by Gasteiger charge is 2.23. The van der Waals surface area contributed by atoms with E-state index in [9.17, 15) is 9.59 Å². The molecule has 3 aromatic rings. The van der Waals surface area contributed by atoms with Crippen LogP contribution in [-0.4, -0.2) is 28.7 Å². The van der Waals surface area contributed by atoms with Gasteiger partial charge in [-0.1, -0.05) is 17.7 Å². The van der Waals surface area contributed by atoms with Crippen LogP contribution in [0.1, 0.15) is 28.0 Å². The third kappa shape index (κ3) is 4.04. The van der Waals surface area contributed by atoms with Crippen molar-refractivity contribution in [1.29, 1.82) is 0 Å². The van der Waals surface area contributed by atoms with Gasteiger partial charge in [0.05, 0.1) is 11.6 Å². The summed E-state index contributed by atoms with van der Waals surface area (Å²) in [5.74, 6) is -0.351. The van der Waals surface area contributed by atoms with Crippen LogP contribution in [0.25, 0.3) is 11.0 Å². The molecule has 8 heteroatoms. The molecule has 0 radical (unpaired) electrons. The summed E-state index contributed by atoms with van der Waals surface area (Å²) in [6, 6.07) is 7.20. The zero-order valence-corrected chi connectivity index (χ0v) is 17.5. The van der Waals surface area contributed by atoms with E-state index < -0.39 is 0 Å². The van der Waals surface area contributed by atoms with Crippen molar-refractivity contribution in [2.45, 2.75) is 12.8 Å². The van der Waals surface area contributed by atoms with Crippen molar-refractivity contribution in [3.05, 3.63) is 66.3 Å². The van der Waals surface area contributed by atoms with Crippen LogP contribution >= 0.6 is 34.2 Å². The number of carbonyl (C=O) groups is 1. The van der Waals surface area contributed by atoms with Gasteiger partial charge in [0.15, 0.2) is 5.58 Å². The molecule has 0 unspecified atom stereocenters. The van der Waals surface area contributed by atoms with Gasteiger partial charge in [0.2, 0.25) is 0 Å². The first-order chi connectivity index (χ1) is 12.9. The Kier molecular flexibility index (Phi) is 6.23. The van der Waals surface area contributed by atoms with Crippen molar-refractivity contribution >= 4 is 51.1 Å². The number of pyridine rings is 1. The number of nitrogens with one attached hydrogen (secondary N) is 1. The number of aliphatic hydroxyl groups excluding tert-OH is 1.